The maximum Gasteiger partial charge on any atom is 0.325 e. The highest BCUT2D eigenvalue weighted by atomic mass is 17.0. The summed E-state index contributed by atoms with van der Waals surface area (Å²) in [6, 6.07) is 0. The molecule has 0 spiro atoms. The number of ketones is 1. The Labute approximate surface area is 225 Å². The minimum Gasteiger partial charge on any atom is -0.459 e. The van der Waals surface area contributed by atoms with Gasteiger partial charge in [-0.05, 0) is 57.3 Å². The van der Waals surface area contributed by atoms with Crippen molar-refractivity contribution in [1.29, 1.82) is 0 Å². The number of hydrogen-bond acceptors (Lipinski definition) is 9. The molecule has 11 heteroatoms. The van der Waals surface area contributed by atoms with Gasteiger partial charge in [-0.1, -0.05) is 44.8 Å². The third-order valence-corrected chi connectivity index (χ3v) is 6.86. The summed E-state index contributed by atoms with van der Waals surface area (Å²) in [6.07, 6.45) is 11.4. The van der Waals surface area contributed by atoms with Gasteiger partial charge in [-0.25, -0.2) is 0 Å². The molecular formula is C27H46N2O9. The first-order valence-electron chi connectivity index (χ1n) is 13.9. The normalized spacial score (nSPS) is 21.8. The molecule has 5 atom stereocenters. The molecule has 0 bridgehead atoms. The molecule has 0 saturated heterocycles. The smallest absolute Gasteiger partial charge is 0.325 e. The van der Waals surface area contributed by atoms with E-state index in [-0.39, 0.29) is 43.1 Å². The second kappa shape index (κ2) is 19.5. The molecule has 11 nitrogen and oxygen atoms in total. The van der Waals surface area contributed by atoms with Gasteiger partial charge in [-0.15, -0.1) is 10.1 Å². The molecule has 1 aliphatic carbocycles. The number of nitrogens with zero attached hydrogens (tertiary/aromatic N) is 1. The molecule has 1 amide bonds. The zero-order valence-electron chi connectivity index (χ0n) is 22.8. The van der Waals surface area contributed by atoms with Crippen molar-refractivity contribution in [2.24, 2.45) is 11.8 Å². The topological polar surface area (TPSA) is 165 Å². The number of Topliss-reactive ketones (excluding diaryl/α,β-unsaturated/α-hetero) is 1. The average Bonchev–Trinajstić information content (AvgIpc) is 3.13. The van der Waals surface area contributed by atoms with Gasteiger partial charge in [0.1, 0.15) is 25.0 Å². The van der Waals surface area contributed by atoms with Crippen molar-refractivity contribution in [2.45, 2.75) is 116 Å². The first-order chi connectivity index (χ1) is 18.1. The number of amides is 1. The highest BCUT2D eigenvalue weighted by molar-refractivity contribution is 5.81. The van der Waals surface area contributed by atoms with Gasteiger partial charge >= 0.3 is 5.97 Å². The molecule has 1 aliphatic rings. The van der Waals surface area contributed by atoms with Gasteiger partial charge in [0.25, 0.3) is 5.09 Å². The van der Waals surface area contributed by atoms with E-state index in [2.05, 4.69) is 17.1 Å². The number of unbranched alkanes of at least 4 members (excludes halogenated alkanes) is 5. The summed E-state index contributed by atoms with van der Waals surface area (Å²) in [5.74, 6) is -0.981. The van der Waals surface area contributed by atoms with Gasteiger partial charge in [-0.2, -0.15) is 0 Å². The standard InChI is InChI=1S/C27H46N2O9/c1-3-4-5-6-9-12-21(30)15-16-23-22(24(31)17-25(23)32)13-10-7-8-11-14-26(33)28-18-27(34)38-20(2)19-37-29(35)36/h7,10,20,22-25,31-32H,3-6,8-9,11-19H2,1-2H3,(H,28,33)/b10-7-/t20?,22-,23-,24+,25-/m1/s1. The Bertz CT molecular complexity index is 759. The van der Waals surface area contributed by atoms with E-state index in [0.717, 1.165) is 19.3 Å². The summed E-state index contributed by atoms with van der Waals surface area (Å²) in [5.41, 5.74) is 0. The lowest BCUT2D eigenvalue weighted by molar-refractivity contribution is -0.759. The molecule has 0 aromatic carbocycles. The number of carbonyl (C=O) groups is 3. The summed E-state index contributed by atoms with van der Waals surface area (Å²) in [7, 11) is 0. The van der Waals surface area contributed by atoms with E-state index >= 15 is 0 Å². The summed E-state index contributed by atoms with van der Waals surface area (Å²) in [5, 5.41) is 32.4. The fraction of sp³-hybridized carbons (Fsp3) is 0.815. The fourth-order valence-electron chi connectivity index (χ4n) is 4.76. The van der Waals surface area contributed by atoms with E-state index in [1.165, 1.54) is 19.8 Å². The van der Waals surface area contributed by atoms with Crippen LogP contribution in [0.25, 0.3) is 0 Å². The summed E-state index contributed by atoms with van der Waals surface area (Å²) in [6.45, 7) is 2.89. The van der Waals surface area contributed by atoms with E-state index in [4.69, 9.17) is 4.74 Å². The van der Waals surface area contributed by atoms with Crippen LogP contribution in [0.1, 0.15) is 97.3 Å². The molecule has 1 rings (SSSR count). The van der Waals surface area contributed by atoms with Gasteiger partial charge in [0.2, 0.25) is 5.91 Å². The third-order valence-electron chi connectivity index (χ3n) is 6.86. The number of hydrogen-bond donors (Lipinski definition) is 3. The first kappa shape index (κ1) is 33.5. The van der Waals surface area contributed by atoms with Gasteiger partial charge in [0.15, 0.2) is 0 Å². The van der Waals surface area contributed by atoms with Gasteiger partial charge in [0, 0.05) is 19.3 Å². The second-order valence-corrected chi connectivity index (χ2v) is 10.1. The Hall–Kier alpha value is -2.53. The predicted molar refractivity (Wildman–Crippen MR) is 140 cm³/mol. The van der Waals surface area contributed by atoms with Crippen LogP contribution in [0.4, 0.5) is 0 Å². The zero-order chi connectivity index (χ0) is 28.3. The Morgan fingerprint density at radius 1 is 1.03 bits per heavy atom. The van der Waals surface area contributed by atoms with E-state index in [1.54, 1.807) is 0 Å². The second-order valence-electron chi connectivity index (χ2n) is 10.1. The van der Waals surface area contributed by atoms with E-state index in [0.29, 0.717) is 44.9 Å². The predicted octanol–water partition coefficient (Wildman–Crippen LogP) is 3.43. The Morgan fingerprint density at radius 2 is 1.74 bits per heavy atom. The van der Waals surface area contributed by atoms with Crippen LogP contribution in [-0.4, -0.2) is 64.4 Å². The summed E-state index contributed by atoms with van der Waals surface area (Å²) < 4.78 is 4.89. The van der Waals surface area contributed by atoms with Crippen molar-refractivity contribution < 1.29 is 39.3 Å². The highest BCUT2D eigenvalue weighted by Crippen LogP contribution is 2.38. The van der Waals surface area contributed by atoms with Crippen molar-refractivity contribution >= 4 is 17.7 Å². The molecule has 218 valence electrons. The number of aliphatic hydroxyl groups excluding tert-OH is 2. The maximum absolute atomic E-state index is 12.3. The quantitative estimate of drug-likeness (QED) is 0.0647. The third kappa shape index (κ3) is 15.0. The lowest BCUT2D eigenvalue weighted by Gasteiger charge is -2.22. The van der Waals surface area contributed by atoms with Gasteiger partial charge in [-0.3, -0.25) is 14.4 Å². The van der Waals surface area contributed by atoms with E-state index < -0.39 is 29.4 Å². The van der Waals surface area contributed by atoms with Crippen LogP contribution in [0.3, 0.4) is 0 Å². The molecule has 3 N–H and O–H groups in total. The van der Waals surface area contributed by atoms with Crippen molar-refractivity contribution in [3.05, 3.63) is 22.3 Å². The summed E-state index contributed by atoms with van der Waals surface area (Å²) >= 11 is 0. The summed E-state index contributed by atoms with van der Waals surface area (Å²) in [4.78, 5) is 50.1. The molecule has 0 aromatic rings. The highest BCUT2D eigenvalue weighted by Gasteiger charge is 2.40. The molecule has 0 radical (unpaired) electrons. The van der Waals surface area contributed by atoms with Crippen LogP contribution in [0.2, 0.25) is 0 Å². The molecule has 1 unspecified atom stereocenters. The number of nitrogens with one attached hydrogen (secondary N) is 1. The SMILES string of the molecule is CCCCCCCC(=O)CC[C@@H]1[C@@H](C/C=C\CCCC(=O)NCC(=O)OC(C)CO[N+](=O)[O-])[C@@H](O)C[C@H]1O. The maximum atomic E-state index is 12.3. The van der Waals surface area contributed by atoms with Crippen molar-refractivity contribution in [3.63, 3.8) is 0 Å². The number of allylic oxidation sites excluding steroid dienone is 2. The van der Waals surface area contributed by atoms with Crippen LogP contribution in [0.5, 0.6) is 0 Å². The Balaban J connectivity index is 2.25. The van der Waals surface area contributed by atoms with Crippen LogP contribution < -0.4 is 5.32 Å². The molecule has 1 saturated carbocycles. The number of esters is 1. The largest absolute Gasteiger partial charge is 0.459 e. The zero-order valence-corrected chi connectivity index (χ0v) is 22.8. The van der Waals surface area contributed by atoms with Crippen LogP contribution in [-0.2, 0) is 24.0 Å². The van der Waals surface area contributed by atoms with Crippen molar-refractivity contribution in [1.82, 2.24) is 5.32 Å². The van der Waals surface area contributed by atoms with E-state index in [1.807, 2.05) is 12.2 Å². The molecule has 38 heavy (non-hydrogen) atoms. The average molecular weight is 543 g/mol. The lowest BCUT2D eigenvalue weighted by Crippen LogP contribution is -2.33. The van der Waals surface area contributed by atoms with Gasteiger partial charge in [0.05, 0.1) is 12.2 Å². The molecular weight excluding hydrogens is 496 g/mol. The number of carbonyl (C=O) groups excluding carboxylic acids is 3. The Morgan fingerprint density at radius 3 is 2.45 bits per heavy atom. The molecule has 1 fully saturated rings. The minimum atomic E-state index is -0.974. The molecule has 0 heterocycles. The van der Waals surface area contributed by atoms with Gasteiger partial charge < -0.3 is 25.1 Å². The number of aliphatic hydroxyl groups is 2. The van der Waals surface area contributed by atoms with Crippen molar-refractivity contribution in [2.75, 3.05) is 13.2 Å². The van der Waals surface area contributed by atoms with Crippen LogP contribution in [0.15, 0.2) is 12.2 Å². The Kier molecular flexibility index (Phi) is 17.2. The van der Waals surface area contributed by atoms with Crippen LogP contribution >= 0.6 is 0 Å². The monoisotopic (exact) mass is 542 g/mol. The first-order valence-corrected chi connectivity index (χ1v) is 13.9. The molecule has 0 aromatic heterocycles. The molecule has 0 aliphatic heterocycles. The van der Waals surface area contributed by atoms with E-state index in [9.17, 15) is 34.7 Å². The van der Waals surface area contributed by atoms with Crippen molar-refractivity contribution in [3.8, 4) is 0 Å². The lowest BCUT2D eigenvalue weighted by atomic mass is 9.86. The fourth-order valence-corrected chi connectivity index (χ4v) is 4.76. The minimum absolute atomic E-state index is 0.0916. The number of rotatable bonds is 21. The number of ether oxygens (including phenoxy) is 1. The van der Waals surface area contributed by atoms with Crippen LogP contribution in [0, 0.1) is 22.0 Å².